The van der Waals surface area contributed by atoms with Crippen LogP contribution in [0.4, 0.5) is 0 Å². The molecule has 0 bridgehead atoms. The quantitative estimate of drug-likeness (QED) is 0.892. The predicted molar refractivity (Wildman–Crippen MR) is 75.7 cm³/mol. The number of rotatable bonds is 4. The van der Waals surface area contributed by atoms with Crippen LogP contribution < -0.4 is 5.73 Å². The molecule has 94 valence electrons. The lowest BCUT2D eigenvalue weighted by Crippen LogP contribution is -2.15. The van der Waals surface area contributed by atoms with Crippen molar-refractivity contribution < 1.29 is 0 Å². The molecule has 0 aliphatic heterocycles. The predicted octanol–water partition coefficient (Wildman–Crippen LogP) is 2.98. The molecule has 0 spiro atoms. The molecule has 0 amide bonds. The van der Waals surface area contributed by atoms with Crippen LogP contribution in [0, 0.1) is 13.8 Å². The van der Waals surface area contributed by atoms with Gasteiger partial charge in [-0.1, -0.05) is 23.8 Å². The number of nitrogens with two attached hydrogens (primary N) is 1. The van der Waals surface area contributed by atoms with E-state index >= 15 is 0 Å². The van der Waals surface area contributed by atoms with E-state index < -0.39 is 0 Å². The molecule has 1 heterocycles. The van der Waals surface area contributed by atoms with E-state index in [0.29, 0.717) is 12.5 Å². The van der Waals surface area contributed by atoms with E-state index in [4.69, 9.17) is 5.73 Å². The zero-order valence-electron chi connectivity index (χ0n) is 11.1. The second-order valence-corrected chi connectivity index (χ2v) is 4.85. The Morgan fingerprint density at radius 1 is 1.11 bits per heavy atom. The maximum Gasteiger partial charge on any atom is 0.0270 e. The first-order valence-corrected chi connectivity index (χ1v) is 6.37. The second-order valence-electron chi connectivity index (χ2n) is 4.85. The summed E-state index contributed by atoms with van der Waals surface area (Å²) in [6.07, 6.45) is 4.66. The van der Waals surface area contributed by atoms with Crippen molar-refractivity contribution in [2.24, 2.45) is 5.73 Å². The van der Waals surface area contributed by atoms with Gasteiger partial charge in [0, 0.05) is 18.3 Å². The summed E-state index contributed by atoms with van der Waals surface area (Å²) >= 11 is 0. The molecule has 18 heavy (non-hydrogen) atoms. The highest BCUT2D eigenvalue weighted by Crippen LogP contribution is 2.22. The number of hydrogen-bond acceptors (Lipinski definition) is 2. The highest BCUT2D eigenvalue weighted by molar-refractivity contribution is 5.32. The van der Waals surface area contributed by atoms with Gasteiger partial charge in [-0.3, -0.25) is 4.98 Å². The molecule has 2 rings (SSSR count). The van der Waals surface area contributed by atoms with Crippen molar-refractivity contribution in [3.05, 3.63) is 65.0 Å². The average molecular weight is 240 g/mol. The van der Waals surface area contributed by atoms with Crippen LogP contribution in [0.3, 0.4) is 0 Å². The Morgan fingerprint density at radius 2 is 1.83 bits per heavy atom. The Bertz CT molecular complexity index is 506. The van der Waals surface area contributed by atoms with Gasteiger partial charge in [-0.25, -0.2) is 0 Å². The van der Waals surface area contributed by atoms with Gasteiger partial charge in [0.15, 0.2) is 0 Å². The molecule has 2 aromatic rings. The Labute approximate surface area is 109 Å². The molecule has 0 saturated heterocycles. The summed E-state index contributed by atoms with van der Waals surface area (Å²) in [6, 6.07) is 10.7. The molecule has 0 radical (unpaired) electrons. The Hall–Kier alpha value is -1.67. The molecule has 2 N–H and O–H groups in total. The lowest BCUT2D eigenvalue weighted by molar-refractivity contribution is 0.690. The maximum absolute atomic E-state index is 5.91. The zero-order chi connectivity index (χ0) is 13.0. The zero-order valence-corrected chi connectivity index (χ0v) is 11.1. The SMILES string of the molecule is Cc1ccc(CC(CN)c2ccncc2)c(C)c1. The van der Waals surface area contributed by atoms with Gasteiger partial charge >= 0.3 is 0 Å². The third kappa shape index (κ3) is 2.96. The highest BCUT2D eigenvalue weighted by Gasteiger charge is 2.11. The van der Waals surface area contributed by atoms with Gasteiger partial charge < -0.3 is 5.73 Å². The average Bonchev–Trinajstić information content (AvgIpc) is 2.39. The number of nitrogens with zero attached hydrogens (tertiary/aromatic N) is 1. The monoisotopic (exact) mass is 240 g/mol. The van der Waals surface area contributed by atoms with E-state index in [9.17, 15) is 0 Å². The van der Waals surface area contributed by atoms with E-state index in [2.05, 4.69) is 49.2 Å². The number of aryl methyl sites for hydroxylation is 2. The van der Waals surface area contributed by atoms with Crippen molar-refractivity contribution in [3.63, 3.8) is 0 Å². The van der Waals surface area contributed by atoms with Crippen LogP contribution >= 0.6 is 0 Å². The molecular weight excluding hydrogens is 220 g/mol. The fourth-order valence-corrected chi connectivity index (χ4v) is 2.31. The van der Waals surface area contributed by atoms with Gasteiger partial charge in [-0.05, 0) is 55.6 Å². The van der Waals surface area contributed by atoms with Crippen LogP contribution in [-0.4, -0.2) is 11.5 Å². The van der Waals surface area contributed by atoms with E-state index in [1.807, 2.05) is 12.4 Å². The minimum Gasteiger partial charge on any atom is -0.330 e. The summed E-state index contributed by atoms with van der Waals surface area (Å²) in [5.41, 5.74) is 11.2. The van der Waals surface area contributed by atoms with Crippen LogP contribution in [0.5, 0.6) is 0 Å². The molecule has 2 nitrogen and oxygen atoms in total. The third-order valence-corrected chi connectivity index (χ3v) is 3.43. The molecular formula is C16H20N2. The number of pyridine rings is 1. The van der Waals surface area contributed by atoms with Gasteiger partial charge in [0.05, 0.1) is 0 Å². The van der Waals surface area contributed by atoms with Crippen LogP contribution in [-0.2, 0) is 6.42 Å². The summed E-state index contributed by atoms with van der Waals surface area (Å²) < 4.78 is 0. The molecule has 1 atom stereocenters. The van der Waals surface area contributed by atoms with E-state index in [0.717, 1.165) is 6.42 Å². The van der Waals surface area contributed by atoms with Crippen molar-refractivity contribution in [3.8, 4) is 0 Å². The van der Waals surface area contributed by atoms with Crippen LogP contribution in [0.15, 0.2) is 42.7 Å². The summed E-state index contributed by atoms with van der Waals surface area (Å²) in [7, 11) is 0. The van der Waals surface area contributed by atoms with Gasteiger partial charge in [0.1, 0.15) is 0 Å². The van der Waals surface area contributed by atoms with E-state index in [1.165, 1.54) is 22.3 Å². The number of hydrogen-bond donors (Lipinski definition) is 1. The Morgan fingerprint density at radius 3 is 2.44 bits per heavy atom. The molecule has 1 aromatic carbocycles. The van der Waals surface area contributed by atoms with Gasteiger partial charge in [-0.15, -0.1) is 0 Å². The Balaban J connectivity index is 2.21. The topological polar surface area (TPSA) is 38.9 Å². The van der Waals surface area contributed by atoms with Crippen LogP contribution in [0.25, 0.3) is 0 Å². The fourth-order valence-electron chi connectivity index (χ4n) is 2.31. The minimum atomic E-state index is 0.370. The van der Waals surface area contributed by atoms with E-state index in [1.54, 1.807) is 0 Å². The first kappa shape index (κ1) is 12.8. The Kier molecular flexibility index (Phi) is 4.11. The van der Waals surface area contributed by atoms with Crippen molar-refractivity contribution in [1.29, 1.82) is 0 Å². The minimum absolute atomic E-state index is 0.370. The van der Waals surface area contributed by atoms with Crippen LogP contribution in [0.1, 0.15) is 28.2 Å². The largest absolute Gasteiger partial charge is 0.330 e. The molecule has 0 aliphatic carbocycles. The number of benzene rings is 1. The molecule has 2 heteroatoms. The van der Waals surface area contributed by atoms with Crippen molar-refractivity contribution >= 4 is 0 Å². The van der Waals surface area contributed by atoms with Crippen molar-refractivity contribution in [2.45, 2.75) is 26.2 Å². The van der Waals surface area contributed by atoms with Gasteiger partial charge in [0.25, 0.3) is 0 Å². The molecule has 0 fully saturated rings. The normalized spacial score (nSPS) is 12.4. The molecule has 1 aromatic heterocycles. The highest BCUT2D eigenvalue weighted by atomic mass is 14.6. The van der Waals surface area contributed by atoms with E-state index in [-0.39, 0.29) is 0 Å². The lowest BCUT2D eigenvalue weighted by Gasteiger charge is -2.16. The molecule has 1 unspecified atom stereocenters. The molecule has 0 aliphatic rings. The smallest absolute Gasteiger partial charge is 0.0270 e. The maximum atomic E-state index is 5.91. The summed E-state index contributed by atoms with van der Waals surface area (Å²) in [4.78, 5) is 4.06. The van der Waals surface area contributed by atoms with Crippen molar-refractivity contribution in [2.75, 3.05) is 6.54 Å². The number of aromatic nitrogens is 1. The van der Waals surface area contributed by atoms with Crippen LogP contribution in [0.2, 0.25) is 0 Å². The van der Waals surface area contributed by atoms with Gasteiger partial charge in [0.2, 0.25) is 0 Å². The second kappa shape index (κ2) is 5.78. The summed E-state index contributed by atoms with van der Waals surface area (Å²) in [6.45, 7) is 4.96. The van der Waals surface area contributed by atoms with Crippen molar-refractivity contribution in [1.82, 2.24) is 4.98 Å². The third-order valence-electron chi connectivity index (χ3n) is 3.43. The first-order valence-electron chi connectivity index (χ1n) is 6.37. The van der Waals surface area contributed by atoms with Gasteiger partial charge in [-0.2, -0.15) is 0 Å². The molecule has 0 saturated carbocycles. The summed E-state index contributed by atoms with van der Waals surface area (Å²) in [5.74, 6) is 0.370. The summed E-state index contributed by atoms with van der Waals surface area (Å²) in [5, 5.41) is 0. The fraction of sp³-hybridized carbons (Fsp3) is 0.312. The lowest BCUT2D eigenvalue weighted by atomic mass is 9.90. The first-order chi connectivity index (χ1) is 8.70. The standard InChI is InChI=1S/C16H20N2/c1-12-3-4-15(13(2)9-12)10-16(11-17)14-5-7-18-8-6-14/h3-9,16H,10-11,17H2,1-2H3.